The zero-order chi connectivity index (χ0) is 11.1. The van der Waals surface area contributed by atoms with Crippen molar-refractivity contribution in [2.75, 3.05) is 6.61 Å². The first kappa shape index (κ1) is 11.7. The smallest absolute Gasteiger partial charge is 0.328 e. The number of H-pyrrole nitrogens is 1. The van der Waals surface area contributed by atoms with Gasteiger partial charge in [0.2, 0.25) is 0 Å². The van der Waals surface area contributed by atoms with Crippen LogP contribution in [0, 0.1) is 0 Å². The first-order chi connectivity index (χ1) is 7.24. The Hall–Kier alpha value is -1.36. The standard InChI is InChI=1S/C10H16N2O3/c13-8-4-2-1-3-6-12-7-5-9(14)11-10(12)15/h5,7,13H,1-4,6,8H2,(H,11,14,15). The molecule has 0 aromatic carbocycles. The number of aliphatic hydroxyl groups is 1. The van der Waals surface area contributed by atoms with Gasteiger partial charge in [-0.15, -0.1) is 0 Å². The van der Waals surface area contributed by atoms with E-state index in [1.54, 1.807) is 0 Å². The van der Waals surface area contributed by atoms with Gasteiger partial charge in [-0.1, -0.05) is 12.8 Å². The number of aromatic nitrogens is 2. The number of aliphatic hydroxyl groups excluding tert-OH is 1. The zero-order valence-electron chi connectivity index (χ0n) is 8.61. The monoisotopic (exact) mass is 212 g/mol. The summed E-state index contributed by atoms with van der Waals surface area (Å²) in [7, 11) is 0. The first-order valence-corrected chi connectivity index (χ1v) is 5.14. The Bertz CT molecular complexity index is 394. The summed E-state index contributed by atoms with van der Waals surface area (Å²) in [5.41, 5.74) is -0.721. The maximum Gasteiger partial charge on any atom is 0.328 e. The van der Waals surface area contributed by atoms with Gasteiger partial charge in [0.25, 0.3) is 5.56 Å². The van der Waals surface area contributed by atoms with Gasteiger partial charge in [-0.05, 0) is 12.8 Å². The highest BCUT2D eigenvalue weighted by atomic mass is 16.2. The molecule has 0 saturated heterocycles. The van der Waals surface area contributed by atoms with E-state index < -0.39 is 0 Å². The van der Waals surface area contributed by atoms with Gasteiger partial charge in [-0.25, -0.2) is 4.79 Å². The van der Waals surface area contributed by atoms with Crippen molar-refractivity contribution < 1.29 is 5.11 Å². The van der Waals surface area contributed by atoms with Crippen LogP contribution in [0.4, 0.5) is 0 Å². The molecule has 0 bridgehead atoms. The number of nitrogens with zero attached hydrogens (tertiary/aromatic N) is 1. The molecule has 1 heterocycles. The Morgan fingerprint density at radius 2 is 1.93 bits per heavy atom. The Morgan fingerprint density at radius 3 is 2.60 bits per heavy atom. The lowest BCUT2D eigenvalue weighted by atomic mass is 10.2. The van der Waals surface area contributed by atoms with Gasteiger partial charge in [0.15, 0.2) is 0 Å². The number of rotatable bonds is 6. The highest BCUT2D eigenvalue weighted by Gasteiger charge is 1.95. The lowest BCUT2D eigenvalue weighted by Gasteiger charge is -2.03. The average Bonchev–Trinajstić information content (AvgIpc) is 2.20. The van der Waals surface area contributed by atoms with Gasteiger partial charge in [0, 0.05) is 25.4 Å². The molecule has 84 valence electrons. The number of aromatic amines is 1. The predicted molar refractivity (Wildman–Crippen MR) is 56.9 cm³/mol. The Labute approximate surface area is 87.4 Å². The van der Waals surface area contributed by atoms with E-state index in [2.05, 4.69) is 4.98 Å². The molecule has 0 saturated carbocycles. The van der Waals surface area contributed by atoms with Crippen molar-refractivity contribution in [1.29, 1.82) is 0 Å². The minimum absolute atomic E-state index is 0.221. The lowest BCUT2D eigenvalue weighted by molar-refractivity contribution is 0.282. The van der Waals surface area contributed by atoms with Gasteiger partial charge in [-0.2, -0.15) is 0 Å². The first-order valence-electron chi connectivity index (χ1n) is 5.14. The molecule has 5 nitrogen and oxygen atoms in total. The number of unbranched alkanes of at least 4 members (excludes halogenated alkanes) is 3. The van der Waals surface area contributed by atoms with Gasteiger partial charge in [-0.3, -0.25) is 9.78 Å². The molecule has 0 aliphatic carbocycles. The Balaban J connectivity index is 2.38. The lowest BCUT2D eigenvalue weighted by Crippen LogP contribution is -2.28. The van der Waals surface area contributed by atoms with Crippen LogP contribution in [0.25, 0.3) is 0 Å². The summed E-state index contributed by atoms with van der Waals surface area (Å²) >= 11 is 0. The van der Waals surface area contributed by atoms with Crippen molar-refractivity contribution in [3.05, 3.63) is 33.1 Å². The SMILES string of the molecule is O=c1ccn(CCCCCCO)c(=O)[nH]1. The molecule has 0 atom stereocenters. The summed E-state index contributed by atoms with van der Waals surface area (Å²) in [5, 5.41) is 8.56. The number of hydrogen-bond acceptors (Lipinski definition) is 3. The highest BCUT2D eigenvalue weighted by molar-refractivity contribution is 4.82. The van der Waals surface area contributed by atoms with Crippen molar-refractivity contribution in [3.63, 3.8) is 0 Å². The molecule has 2 N–H and O–H groups in total. The fraction of sp³-hybridized carbons (Fsp3) is 0.600. The van der Waals surface area contributed by atoms with Crippen LogP contribution in [0.1, 0.15) is 25.7 Å². The van der Waals surface area contributed by atoms with E-state index in [-0.39, 0.29) is 17.9 Å². The summed E-state index contributed by atoms with van der Waals surface area (Å²) in [5.74, 6) is 0. The second kappa shape index (κ2) is 6.19. The van der Waals surface area contributed by atoms with E-state index in [0.717, 1.165) is 25.7 Å². The quantitative estimate of drug-likeness (QED) is 0.656. The molecule has 1 rings (SSSR count). The molecular weight excluding hydrogens is 196 g/mol. The molecule has 0 amide bonds. The van der Waals surface area contributed by atoms with Crippen LogP contribution >= 0.6 is 0 Å². The minimum Gasteiger partial charge on any atom is -0.396 e. The fourth-order valence-corrected chi connectivity index (χ4v) is 1.37. The summed E-state index contributed by atoms with van der Waals surface area (Å²) in [6.07, 6.45) is 5.14. The predicted octanol–water partition coefficient (Wildman–Crippen LogP) is 0.0893. The minimum atomic E-state index is -0.364. The number of aryl methyl sites for hydroxylation is 1. The van der Waals surface area contributed by atoms with E-state index in [4.69, 9.17) is 5.11 Å². The summed E-state index contributed by atoms with van der Waals surface area (Å²) in [6.45, 7) is 0.833. The Morgan fingerprint density at radius 1 is 1.20 bits per heavy atom. The third-order valence-electron chi connectivity index (χ3n) is 2.20. The van der Waals surface area contributed by atoms with Gasteiger partial charge in [0.05, 0.1) is 0 Å². The van der Waals surface area contributed by atoms with Crippen molar-refractivity contribution in [3.8, 4) is 0 Å². The van der Waals surface area contributed by atoms with Crippen LogP contribution in [0.2, 0.25) is 0 Å². The van der Waals surface area contributed by atoms with Crippen LogP contribution in [0.15, 0.2) is 21.9 Å². The number of hydrogen-bond donors (Lipinski definition) is 2. The Kier molecular flexibility index (Phi) is 4.83. The van der Waals surface area contributed by atoms with Crippen LogP contribution in [-0.4, -0.2) is 21.3 Å². The van der Waals surface area contributed by atoms with Crippen molar-refractivity contribution >= 4 is 0 Å². The second-order valence-electron chi connectivity index (χ2n) is 3.44. The third kappa shape index (κ3) is 4.12. The number of nitrogens with one attached hydrogen (secondary N) is 1. The molecule has 0 unspecified atom stereocenters. The summed E-state index contributed by atoms with van der Waals surface area (Å²) < 4.78 is 1.49. The largest absolute Gasteiger partial charge is 0.396 e. The van der Waals surface area contributed by atoms with Crippen LogP contribution in [0.3, 0.4) is 0 Å². The van der Waals surface area contributed by atoms with Crippen molar-refractivity contribution in [2.45, 2.75) is 32.2 Å². The van der Waals surface area contributed by atoms with Crippen LogP contribution < -0.4 is 11.2 Å². The second-order valence-corrected chi connectivity index (χ2v) is 3.44. The van der Waals surface area contributed by atoms with Crippen molar-refractivity contribution in [1.82, 2.24) is 9.55 Å². The molecular formula is C10H16N2O3. The average molecular weight is 212 g/mol. The molecule has 5 heteroatoms. The van der Waals surface area contributed by atoms with Gasteiger partial charge < -0.3 is 9.67 Å². The fourth-order valence-electron chi connectivity index (χ4n) is 1.37. The van der Waals surface area contributed by atoms with Crippen LogP contribution in [-0.2, 0) is 6.54 Å². The molecule has 1 aromatic rings. The molecule has 0 aliphatic heterocycles. The van der Waals surface area contributed by atoms with Gasteiger partial charge >= 0.3 is 5.69 Å². The normalized spacial score (nSPS) is 10.5. The van der Waals surface area contributed by atoms with E-state index in [0.29, 0.717) is 6.54 Å². The topological polar surface area (TPSA) is 75.1 Å². The third-order valence-corrected chi connectivity index (χ3v) is 2.20. The molecule has 1 aromatic heterocycles. The summed E-state index contributed by atoms with van der Waals surface area (Å²) in [6, 6.07) is 1.34. The van der Waals surface area contributed by atoms with E-state index in [9.17, 15) is 9.59 Å². The highest BCUT2D eigenvalue weighted by Crippen LogP contribution is 1.99. The summed E-state index contributed by atoms with van der Waals surface area (Å²) in [4.78, 5) is 24.2. The van der Waals surface area contributed by atoms with Crippen molar-refractivity contribution in [2.24, 2.45) is 0 Å². The van der Waals surface area contributed by atoms with E-state index >= 15 is 0 Å². The molecule has 15 heavy (non-hydrogen) atoms. The molecule has 0 spiro atoms. The molecule has 0 radical (unpaired) electrons. The maximum absolute atomic E-state index is 11.2. The molecule has 0 aliphatic rings. The van der Waals surface area contributed by atoms with Crippen LogP contribution in [0.5, 0.6) is 0 Å². The maximum atomic E-state index is 11.2. The molecule has 0 fully saturated rings. The van der Waals surface area contributed by atoms with E-state index in [1.165, 1.54) is 16.8 Å². The van der Waals surface area contributed by atoms with Gasteiger partial charge in [0.1, 0.15) is 0 Å². The zero-order valence-corrected chi connectivity index (χ0v) is 8.61. The van der Waals surface area contributed by atoms with E-state index in [1.807, 2.05) is 0 Å².